The molecule has 2 aromatic rings. The first kappa shape index (κ1) is 14.0. The highest BCUT2D eigenvalue weighted by atomic mass is 35.5. The highest BCUT2D eigenvalue weighted by Gasteiger charge is 2.15. The number of anilines is 1. The Balaban J connectivity index is 2.15. The number of thiazole rings is 1. The number of hydrogen-bond acceptors (Lipinski definition) is 5. The van der Waals surface area contributed by atoms with Crippen molar-refractivity contribution in [3.8, 4) is 0 Å². The van der Waals surface area contributed by atoms with E-state index in [9.17, 15) is 10.1 Å². The lowest BCUT2D eigenvalue weighted by atomic mass is 10.1. The van der Waals surface area contributed by atoms with Crippen LogP contribution in [-0.2, 0) is 0 Å². The van der Waals surface area contributed by atoms with Crippen LogP contribution in [0.5, 0.6) is 0 Å². The van der Waals surface area contributed by atoms with E-state index in [2.05, 4.69) is 10.3 Å². The van der Waals surface area contributed by atoms with Crippen LogP contribution in [0.25, 0.3) is 0 Å². The second-order valence-electron chi connectivity index (χ2n) is 3.79. The number of nitrogens with one attached hydrogen (secondary N) is 1. The van der Waals surface area contributed by atoms with E-state index in [0.717, 1.165) is 16.9 Å². The molecule has 1 heterocycles. The molecule has 100 valence electrons. The van der Waals surface area contributed by atoms with E-state index in [0.29, 0.717) is 15.2 Å². The molecular weight excluding hydrogens is 309 g/mol. The van der Waals surface area contributed by atoms with Crippen LogP contribution < -0.4 is 5.32 Å². The standard InChI is InChI=1S/C11H9Cl2N3O2S/c1-6(8-3-2-7(12)4-9(8)13)15-11-14-5-10(19-11)16(17)18/h2-6H,1H3,(H,14,15). The molecule has 8 heteroatoms. The number of nitro groups is 1. The zero-order chi connectivity index (χ0) is 14.0. The molecule has 1 N–H and O–H groups in total. The molecular formula is C11H9Cl2N3O2S. The molecule has 1 atom stereocenters. The van der Waals surface area contributed by atoms with Gasteiger partial charge in [-0.25, -0.2) is 4.98 Å². The Hall–Kier alpha value is -1.37. The number of rotatable bonds is 4. The summed E-state index contributed by atoms with van der Waals surface area (Å²) in [6.07, 6.45) is 1.23. The van der Waals surface area contributed by atoms with Crippen molar-refractivity contribution in [1.82, 2.24) is 4.98 Å². The van der Waals surface area contributed by atoms with Crippen molar-refractivity contribution in [2.24, 2.45) is 0 Å². The van der Waals surface area contributed by atoms with Gasteiger partial charge in [-0.3, -0.25) is 10.1 Å². The van der Waals surface area contributed by atoms with Crippen LogP contribution in [0.15, 0.2) is 24.4 Å². The normalized spacial score (nSPS) is 12.2. The third-order valence-corrected chi connectivity index (χ3v) is 3.89. The molecule has 0 fully saturated rings. The molecule has 2 rings (SSSR count). The Kier molecular flexibility index (Phi) is 4.24. The maximum atomic E-state index is 10.6. The molecule has 1 aromatic carbocycles. The SMILES string of the molecule is CC(Nc1ncc([N+](=O)[O-])s1)c1ccc(Cl)cc1Cl. The molecule has 5 nitrogen and oxygen atoms in total. The summed E-state index contributed by atoms with van der Waals surface area (Å²) >= 11 is 12.9. The summed E-state index contributed by atoms with van der Waals surface area (Å²) in [7, 11) is 0. The lowest BCUT2D eigenvalue weighted by molar-refractivity contribution is -0.380. The highest BCUT2D eigenvalue weighted by molar-refractivity contribution is 7.18. The van der Waals surface area contributed by atoms with Gasteiger partial charge in [-0.05, 0) is 36.0 Å². The van der Waals surface area contributed by atoms with Crippen molar-refractivity contribution in [1.29, 1.82) is 0 Å². The number of aromatic nitrogens is 1. The van der Waals surface area contributed by atoms with Gasteiger partial charge >= 0.3 is 5.00 Å². The number of hydrogen-bond donors (Lipinski definition) is 1. The fourth-order valence-electron chi connectivity index (χ4n) is 1.53. The third kappa shape index (κ3) is 3.34. The van der Waals surface area contributed by atoms with Crippen molar-refractivity contribution < 1.29 is 4.92 Å². The predicted octanol–water partition coefficient (Wildman–Crippen LogP) is 4.53. The fourth-order valence-corrected chi connectivity index (χ4v) is 2.82. The van der Waals surface area contributed by atoms with Crippen molar-refractivity contribution in [2.75, 3.05) is 5.32 Å². The Morgan fingerprint density at radius 2 is 2.21 bits per heavy atom. The summed E-state index contributed by atoms with van der Waals surface area (Å²) in [5.74, 6) is 0. The number of halogens is 2. The summed E-state index contributed by atoms with van der Waals surface area (Å²) in [5, 5.41) is 15.2. The summed E-state index contributed by atoms with van der Waals surface area (Å²) in [4.78, 5) is 14.1. The van der Waals surface area contributed by atoms with E-state index >= 15 is 0 Å². The van der Waals surface area contributed by atoms with Gasteiger partial charge in [0.15, 0.2) is 5.13 Å². The van der Waals surface area contributed by atoms with Gasteiger partial charge < -0.3 is 5.32 Å². The number of nitrogens with zero attached hydrogens (tertiary/aromatic N) is 2. The van der Waals surface area contributed by atoms with Crippen LogP contribution >= 0.6 is 34.5 Å². The maximum absolute atomic E-state index is 10.6. The predicted molar refractivity (Wildman–Crippen MR) is 77.3 cm³/mol. The molecule has 0 radical (unpaired) electrons. The minimum atomic E-state index is -0.469. The van der Waals surface area contributed by atoms with Crippen LogP contribution in [0, 0.1) is 10.1 Å². The van der Waals surface area contributed by atoms with Crippen LogP contribution in [0.4, 0.5) is 10.1 Å². The second-order valence-corrected chi connectivity index (χ2v) is 5.65. The topological polar surface area (TPSA) is 68.1 Å². The summed E-state index contributed by atoms with van der Waals surface area (Å²) < 4.78 is 0. The molecule has 0 saturated heterocycles. The molecule has 0 amide bonds. The lowest BCUT2D eigenvalue weighted by Gasteiger charge is -2.14. The Labute approximate surface area is 123 Å². The molecule has 0 aliphatic heterocycles. The number of benzene rings is 1. The van der Waals surface area contributed by atoms with E-state index in [1.54, 1.807) is 12.1 Å². The molecule has 0 saturated carbocycles. The quantitative estimate of drug-likeness (QED) is 0.664. The summed E-state index contributed by atoms with van der Waals surface area (Å²) in [6, 6.07) is 5.08. The second kappa shape index (κ2) is 5.73. The van der Waals surface area contributed by atoms with Gasteiger partial charge in [0.2, 0.25) is 0 Å². The smallest absolute Gasteiger partial charge is 0.345 e. The molecule has 1 unspecified atom stereocenters. The van der Waals surface area contributed by atoms with Gasteiger partial charge in [0, 0.05) is 10.0 Å². The molecule has 19 heavy (non-hydrogen) atoms. The van der Waals surface area contributed by atoms with Crippen LogP contribution in [0.1, 0.15) is 18.5 Å². The van der Waals surface area contributed by atoms with Crippen LogP contribution in [0.2, 0.25) is 10.0 Å². The van der Waals surface area contributed by atoms with Crippen molar-refractivity contribution in [3.05, 3.63) is 50.1 Å². The van der Waals surface area contributed by atoms with E-state index < -0.39 is 4.92 Å². The first-order valence-electron chi connectivity index (χ1n) is 5.29. The van der Waals surface area contributed by atoms with Crippen LogP contribution in [-0.4, -0.2) is 9.91 Å². The minimum Gasteiger partial charge on any atom is -0.355 e. The van der Waals surface area contributed by atoms with Crippen LogP contribution in [0.3, 0.4) is 0 Å². The molecule has 0 aliphatic rings. The van der Waals surface area contributed by atoms with Crippen molar-refractivity contribution in [2.45, 2.75) is 13.0 Å². The third-order valence-electron chi connectivity index (χ3n) is 2.44. The van der Waals surface area contributed by atoms with Gasteiger partial charge in [0.05, 0.1) is 11.0 Å². The molecule has 0 spiro atoms. The molecule has 0 bridgehead atoms. The van der Waals surface area contributed by atoms with E-state index in [4.69, 9.17) is 23.2 Å². The zero-order valence-electron chi connectivity index (χ0n) is 9.76. The monoisotopic (exact) mass is 317 g/mol. The van der Waals surface area contributed by atoms with Gasteiger partial charge in [0.1, 0.15) is 6.20 Å². The Bertz CT molecular complexity index is 618. The van der Waals surface area contributed by atoms with E-state index in [1.165, 1.54) is 6.20 Å². The molecule has 1 aromatic heterocycles. The summed E-state index contributed by atoms with van der Waals surface area (Å²) in [5.41, 5.74) is 0.851. The van der Waals surface area contributed by atoms with Gasteiger partial charge in [-0.1, -0.05) is 29.3 Å². The summed E-state index contributed by atoms with van der Waals surface area (Å²) in [6.45, 7) is 1.89. The van der Waals surface area contributed by atoms with Gasteiger partial charge in [0.25, 0.3) is 0 Å². The lowest BCUT2D eigenvalue weighted by Crippen LogP contribution is -2.06. The van der Waals surface area contributed by atoms with Gasteiger partial charge in [-0.2, -0.15) is 0 Å². The largest absolute Gasteiger partial charge is 0.355 e. The molecule has 0 aliphatic carbocycles. The maximum Gasteiger partial charge on any atom is 0.345 e. The fraction of sp³-hybridized carbons (Fsp3) is 0.182. The zero-order valence-corrected chi connectivity index (χ0v) is 12.1. The first-order chi connectivity index (χ1) is 8.97. The van der Waals surface area contributed by atoms with E-state index in [-0.39, 0.29) is 11.0 Å². The first-order valence-corrected chi connectivity index (χ1v) is 6.86. The van der Waals surface area contributed by atoms with E-state index in [1.807, 2.05) is 13.0 Å². The Morgan fingerprint density at radius 3 is 2.79 bits per heavy atom. The highest BCUT2D eigenvalue weighted by Crippen LogP contribution is 2.31. The Morgan fingerprint density at radius 1 is 1.47 bits per heavy atom. The average Bonchev–Trinajstić information content (AvgIpc) is 2.77. The van der Waals surface area contributed by atoms with Crippen molar-refractivity contribution in [3.63, 3.8) is 0 Å². The van der Waals surface area contributed by atoms with Gasteiger partial charge in [-0.15, -0.1) is 0 Å². The average molecular weight is 318 g/mol. The van der Waals surface area contributed by atoms with Crippen molar-refractivity contribution >= 4 is 44.7 Å². The minimum absolute atomic E-state index is 0.00287.